The molecule has 2 aliphatic rings. The Hall–Kier alpha value is -4.54. The average Bonchev–Trinajstić information content (AvgIpc) is 2.97. The Labute approximate surface area is 224 Å². The minimum Gasteiger partial charge on any atom is -0.495 e. The van der Waals surface area contributed by atoms with E-state index in [-0.39, 0.29) is 23.6 Å². The lowest BCUT2D eigenvalue weighted by atomic mass is 9.97. The van der Waals surface area contributed by atoms with Crippen molar-refractivity contribution >= 4 is 34.7 Å². The number of nitroso groups, excluding NO2 is 1. The second kappa shape index (κ2) is 11.1. The van der Waals surface area contributed by atoms with Crippen LogP contribution in [0.4, 0.5) is 31.5 Å². The van der Waals surface area contributed by atoms with Gasteiger partial charge in [-0.3, -0.25) is 4.79 Å². The van der Waals surface area contributed by atoms with Gasteiger partial charge in [0.05, 0.1) is 32.4 Å². The molecule has 39 heavy (non-hydrogen) atoms. The van der Waals surface area contributed by atoms with Gasteiger partial charge in [0.1, 0.15) is 28.8 Å². The number of fused-ring (bicyclic) bond motifs is 1. The molecular weight excluding hydrogens is 508 g/mol. The van der Waals surface area contributed by atoms with Crippen LogP contribution in [0.2, 0.25) is 0 Å². The van der Waals surface area contributed by atoms with E-state index in [2.05, 4.69) is 10.1 Å². The van der Waals surface area contributed by atoms with Crippen LogP contribution < -0.4 is 14.5 Å². The van der Waals surface area contributed by atoms with Gasteiger partial charge in [0.15, 0.2) is 0 Å². The first-order valence-electron chi connectivity index (χ1n) is 12.4. The lowest BCUT2D eigenvalue weighted by Gasteiger charge is -2.45. The number of hydrogen-bond acceptors (Lipinski definition) is 9. The molecule has 2 heterocycles. The summed E-state index contributed by atoms with van der Waals surface area (Å²) in [6.07, 6.45) is -0.108. The summed E-state index contributed by atoms with van der Waals surface area (Å²) >= 11 is 0. The number of anilines is 2. The molecule has 2 aliphatic heterocycles. The van der Waals surface area contributed by atoms with Crippen LogP contribution in [0, 0.1) is 16.5 Å². The number of benzene rings is 3. The summed E-state index contributed by atoms with van der Waals surface area (Å²) in [4.78, 5) is 34.7. The number of para-hydroxylation sites is 1. The van der Waals surface area contributed by atoms with Crippen molar-refractivity contribution in [3.63, 3.8) is 0 Å². The fourth-order valence-corrected chi connectivity index (χ4v) is 5.03. The largest absolute Gasteiger partial charge is 0.495 e. The summed E-state index contributed by atoms with van der Waals surface area (Å²) in [5.41, 5.74) is 2.15. The summed E-state index contributed by atoms with van der Waals surface area (Å²) in [6, 6.07) is 14.9. The van der Waals surface area contributed by atoms with Gasteiger partial charge in [-0.1, -0.05) is 12.1 Å². The molecule has 0 bridgehead atoms. The molecule has 1 unspecified atom stereocenters. The van der Waals surface area contributed by atoms with E-state index in [1.165, 1.54) is 38.5 Å². The highest BCUT2D eigenvalue weighted by Crippen LogP contribution is 2.45. The predicted octanol–water partition coefficient (Wildman–Crippen LogP) is 5.31. The van der Waals surface area contributed by atoms with Gasteiger partial charge in [0.2, 0.25) is 5.96 Å². The topological polar surface area (TPSA) is 87.0 Å². The molecule has 3 aromatic carbocycles. The first-order valence-corrected chi connectivity index (χ1v) is 12.4. The number of carbonyl (C=O) groups is 1. The highest BCUT2D eigenvalue weighted by Gasteiger charge is 2.39. The third-order valence-electron chi connectivity index (χ3n) is 6.99. The number of aliphatic imine (C=N–C) groups is 1. The summed E-state index contributed by atoms with van der Waals surface area (Å²) in [7, 11) is 2.79. The molecule has 0 N–H and O–H groups in total. The minimum absolute atomic E-state index is 0.108. The molecule has 1 saturated heterocycles. The normalized spacial score (nSPS) is 16.9. The molecule has 1 atom stereocenters. The maximum absolute atomic E-state index is 15.1. The fourth-order valence-electron chi connectivity index (χ4n) is 5.03. The number of guanidine groups is 1. The van der Waals surface area contributed by atoms with Gasteiger partial charge in [0, 0.05) is 37.4 Å². The Kier molecular flexibility index (Phi) is 7.40. The second-order valence-corrected chi connectivity index (χ2v) is 9.15. The standard InChI is InChI=1S/C28H27F2N5O4/c1-38-25-11-8-19(32-37)16-24(25)35-23(17-26(36)39-2)21-4-3-5-22(30)27(21)31-28(35)34-14-12-33(13-15-34)20-9-6-18(29)7-10-20/h3-11,16,23H,12-15,17H2,1-2H3. The molecule has 3 aromatic rings. The monoisotopic (exact) mass is 535 g/mol. The zero-order valence-electron chi connectivity index (χ0n) is 21.5. The lowest BCUT2D eigenvalue weighted by molar-refractivity contribution is -0.141. The number of piperazine rings is 1. The molecule has 11 heteroatoms. The molecule has 202 valence electrons. The van der Waals surface area contributed by atoms with Gasteiger partial charge in [-0.15, -0.1) is 4.91 Å². The number of halogens is 2. The zero-order chi connectivity index (χ0) is 27.5. The predicted molar refractivity (Wildman–Crippen MR) is 144 cm³/mol. The Morgan fingerprint density at radius 2 is 1.72 bits per heavy atom. The van der Waals surface area contributed by atoms with Crippen LogP contribution in [0.25, 0.3) is 0 Å². The van der Waals surface area contributed by atoms with Crippen LogP contribution in [0.15, 0.2) is 70.8 Å². The summed E-state index contributed by atoms with van der Waals surface area (Å²) in [5.74, 6) is -0.481. The van der Waals surface area contributed by atoms with Crippen molar-refractivity contribution in [3.8, 4) is 5.75 Å². The molecule has 1 fully saturated rings. The second-order valence-electron chi connectivity index (χ2n) is 9.15. The van der Waals surface area contributed by atoms with E-state index in [0.29, 0.717) is 49.1 Å². The lowest BCUT2D eigenvalue weighted by Crippen LogP contribution is -2.55. The molecule has 0 radical (unpaired) electrons. The summed E-state index contributed by atoms with van der Waals surface area (Å²) in [6.45, 7) is 2.21. The van der Waals surface area contributed by atoms with E-state index < -0.39 is 17.8 Å². The molecular formula is C28H27F2N5O4. The van der Waals surface area contributed by atoms with Crippen LogP contribution in [0.5, 0.6) is 5.75 Å². The zero-order valence-corrected chi connectivity index (χ0v) is 21.5. The first-order chi connectivity index (χ1) is 18.9. The molecule has 0 saturated carbocycles. The molecule has 0 aliphatic carbocycles. The number of rotatable bonds is 6. The van der Waals surface area contributed by atoms with Crippen LogP contribution in [0.1, 0.15) is 18.0 Å². The first kappa shape index (κ1) is 26.1. The van der Waals surface area contributed by atoms with E-state index in [9.17, 15) is 14.1 Å². The maximum atomic E-state index is 15.1. The molecule has 0 aromatic heterocycles. The van der Waals surface area contributed by atoms with Crippen molar-refractivity contribution < 1.29 is 23.0 Å². The van der Waals surface area contributed by atoms with Crippen molar-refractivity contribution in [1.29, 1.82) is 0 Å². The molecule has 0 spiro atoms. The minimum atomic E-state index is -0.707. The van der Waals surface area contributed by atoms with Gasteiger partial charge in [0.25, 0.3) is 0 Å². The smallest absolute Gasteiger partial charge is 0.307 e. The van der Waals surface area contributed by atoms with E-state index in [1.807, 2.05) is 4.90 Å². The summed E-state index contributed by atoms with van der Waals surface area (Å²) < 4.78 is 39.2. The third-order valence-corrected chi connectivity index (χ3v) is 6.99. The number of carbonyl (C=O) groups excluding carboxylic acids is 1. The van der Waals surface area contributed by atoms with Crippen LogP contribution in [-0.2, 0) is 9.53 Å². The number of nitrogens with zero attached hydrogens (tertiary/aromatic N) is 5. The van der Waals surface area contributed by atoms with Crippen LogP contribution >= 0.6 is 0 Å². The van der Waals surface area contributed by atoms with E-state index in [0.717, 1.165) is 5.69 Å². The number of ether oxygens (including phenoxy) is 2. The summed E-state index contributed by atoms with van der Waals surface area (Å²) in [5, 5.41) is 3.08. The highest BCUT2D eigenvalue weighted by atomic mass is 19.1. The van der Waals surface area contributed by atoms with Crippen molar-refractivity contribution in [2.24, 2.45) is 10.2 Å². The highest BCUT2D eigenvalue weighted by molar-refractivity contribution is 6.02. The van der Waals surface area contributed by atoms with E-state index >= 15 is 4.39 Å². The Balaban J connectivity index is 1.60. The van der Waals surface area contributed by atoms with Crippen LogP contribution in [0.3, 0.4) is 0 Å². The van der Waals surface area contributed by atoms with Gasteiger partial charge in [-0.05, 0) is 53.7 Å². The van der Waals surface area contributed by atoms with E-state index in [4.69, 9.17) is 14.5 Å². The fraction of sp³-hybridized carbons (Fsp3) is 0.286. The Morgan fingerprint density at radius 3 is 2.38 bits per heavy atom. The SMILES string of the molecule is COC(=O)CC1c2cccc(F)c2N=C(N2CCN(c3ccc(F)cc3)CC2)N1c1cc(N=O)ccc1OC. The Bertz CT molecular complexity index is 1410. The molecule has 9 nitrogen and oxygen atoms in total. The van der Waals surface area contributed by atoms with Crippen molar-refractivity contribution in [2.75, 3.05) is 50.2 Å². The van der Waals surface area contributed by atoms with Crippen molar-refractivity contribution in [1.82, 2.24) is 4.90 Å². The number of hydrogen-bond donors (Lipinski definition) is 0. The molecule has 5 rings (SSSR count). The third kappa shape index (κ3) is 5.12. The van der Waals surface area contributed by atoms with Crippen molar-refractivity contribution in [3.05, 3.63) is 82.8 Å². The van der Waals surface area contributed by atoms with Crippen molar-refractivity contribution in [2.45, 2.75) is 12.5 Å². The van der Waals surface area contributed by atoms with Gasteiger partial charge in [-0.25, -0.2) is 13.8 Å². The Morgan fingerprint density at radius 1 is 1.00 bits per heavy atom. The van der Waals surface area contributed by atoms with E-state index in [1.54, 1.807) is 41.3 Å². The maximum Gasteiger partial charge on any atom is 0.307 e. The van der Waals surface area contributed by atoms with Crippen LogP contribution in [-0.4, -0.2) is 57.2 Å². The molecule has 0 amide bonds. The van der Waals surface area contributed by atoms with Gasteiger partial charge < -0.3 is 24.2 Å². The van der Waals surface area contributed by atoms with Gasteiger partial charge >= 0.3 is 5.97 Å². The average molecular weight is 536 g/mol. The number of esters is 1. The van der Waals surface area contributed by atoms with Gasteiger partial charge in [-0.2, -0.15) is 0 Å². The number of methoxy groups -OCH3 is 2. The quantitative estimate of drug-likeness (QED) is 0.313.